The van der Waals surface area contributed by atoms with E-state index in [-0.39, 0.29) is 11.8 Å². The van der Waals surface area contributed by atoms with E-state index in [4.69, 9.17) is 0 Å². The predicted molar refractivity (Wildman–Crippen MR) is 255 cm³/mol. The van der Waals surface area contributed by atoms with Gasteiger partial charge < -0.3 is 10.6 Å². The molecule has 0 aromatic heterocycles. The van der Waals surface area contributed by atoms with Gasteiger partial charge in [-0.25, -0.2) is 0 Å². The molecule has 54 heavy (non-hydrogen) atoms. The Morgan fingerprint density at radius 1 is 0.296 bits per heavy atom. The highest BCUT2D eigenvalue weighted by molar-refractivity contribution is 5.73. The Morgan fingerprint density at radius 3 is 0.481 bits per heavy atom. The van der Waals surface area contributed by atoms with Crippen LogP contribution in [0.3, 0.4) is 0 Å². The maximum atomic E-state index is 10.3. The van der Waals surface area contributed by atoms with Crippen molar-refractivity contribution in [2.45, 2.75) is 256 Å². The summed E-state index contributed by atoms with van der Waals surface area (Å²) in [4.78, 5) is 20.6. The Labute approximate surface area is 347 Å². The van der Waals surface area contributed by atoms with Crippen molar-refractivity contribution in [3.8, 4) is 0 Å². The summed E-state index contributed by atoms with van der Waals surface area (Å²) in [7, 11) is 0. The van der Waals surface area contributed by atoms with Gasteiger partial charge in [-0.1, -0.05) is 229 Å². The van der Waals surface area contributed by atoms with Gasteiger partial charge in [0.1, 0.15) is 0 Å². The van der Waals surface area contributed by atoms with Gasteiger partial charge in [0.05, 0.1) is 0 Å². The fourth-order valence-corrected chi connectivity index (χ4v) is 4.54. The number of amides is 2. The van der Waals surface area contributed by atoms with Crippen LogP contribution in [-0.2, 0) is 9.59 Å². The summed E-state index contributed by atoms with van der Waals surface area (Å²) in [6.45, 7) is 53.6. The average Bonchev–Trinajstić information content (AvgIpc) is 2.98. The molecule has 0 aliphatic rings. The van der Waals surface area contributed by atoms with E-state index in [1.165, 1.54) is 77.0 Å². The molecule has 0 radical (unpaired) electrons. The molecule has 4 heteroatoms. The SMILES string of the molecule is CC(=O)NCCC(C)C.CC(=O)NCCC(C)C.CCCC(C)C.CCCC(C)C.CCCC(C)C.CCCC(C)C.CCCC(C)C.CCCC(C)C. The quantitative estimate of drug-likeness (QED) is 0.146. The van der Waals surface area contributed by atoms with E-state index in [2.05, 4.69) is 163 Å². The molecular weight excluding hydrogens is 661 g/mol. The minimum Gasteiger partial charge on any atom is -0.356 e. The number of nitrogens with one attached hydrogen (secondary N) is 2. The van der Waals surface area contributed by atoms with Gasteiger partial charge in [0.2, 0.25) is 11.8 Å². The Morgan fingerprint density at radius 2 is 0.426 bits per heavy atom. The third kappa shape index (κ3) is 152. The largest absolute Gasteiger partial charge is 0.356 e. The van der Waals surface area contributed by atoms with Gasteiger partial charge in [0.25, 0.3) is 0 Å². The van der Waals surface area contributed by atoms with Crippen molar-refractivity contribution >= 4 is 11.8 Å². The number of carbonyl (C=O) groups excluding carboxylic acids is 2. The van der Waals surface area contributed by atoms with Gasteiger partial charge in [-0.2, -0.15) is 0 Å². The van der Waals surface area contributed by atoms with Crippen LogP contribution in [0.2, 0.25) is 0 Å². The molecule has 0 aromatic rings. The van der Waals surface area contributed by atoms with E-state index < -0.39 is 0 Å². The zero-order valence-electron chi connectivity index (χ0n) is 42.7. The third-order valence-corrected chi connectivity index (χ3v) is 7.39. The molecule has 0 fully saturated rings. The first kappa shape index (κ1) is 70.7. The Hall–Kier alpha value is -1.06. The molecule has 0 atom stereocenters. The van der Waals surface area contributed by atoms with E-state index >= 15 is 0 Å². The molecule has 2 amide bonds. The standard InChI is InChI=1S/2C7H15NO.6C6H14/c2*1-6(2)4-5-8-7(3)9;6*1-4-5-6(2)3/h2*6H,4-5H2,1-3H3,(H,8,9);6*6H,4-5H2,1-3H3. The van der Waals surface area contributed by atoms with Crippen molar-refractivity contribution in [3.63, 3.8) is 0 Å². The fourth-order valence-electron chi connectivity index (χ4n) is 4.54. The van der Waals surface area contributed by atoms with Crippen LogP contribution in [0, 0.1) is 47.3 Å². The maximum Gasteiger partial charge on any atom is 0.216 e. The maximum absolute atomic E-state index is 10.3. The number of hydrogen-bond acceptors (Lipinski definition) is 2. The first-order valence-corrected chi connectivity index (χ1v) is 23.4. The second kappa shape index (κ2) is 61.2. The van der Waals surface area contributed by atoms with Gasteiger partial charge >= 0.3 is 0 Å². The summed E-state index contributed by atoms with van der Waals surface area (Å²) < 4.78 is 0. The van der Waals surface area contributed by atoms with Crippen LogP contribution in [0.25, 0.3) is 0 Å². The smallest absolute Gasteiger partial charge is 0.216 e. The molecule has 0 aliphatic carbocycles. The summed E-state index contributed by atoms with van der Waals surface area (Å²) in [5, 5.41) is 5.48. The monoisotopic (exact) mass is 775 g/mol. The lowest BCUT2D eigenvalue weighted by Gasteiger charge is -2.03. The topological polar surface area (TPSA) is 58.2 Å². The van der Waals surface area contributed by atoms with Crippen LogP contribution in [-0.4, -0.2) is 24.9 Å². The molecule has 2 N–H and O–H groups in total. The molecule has 0 aromatic carbocycles. The van der Waals surface area contributed by atoms with E-state index in [0.717, 1.165) is 61.4 Å². The summed E-state index contributed by atoms with van der Waals surface area (Å²) in [6.07, 6.45) is 18.4. The lowest BCUT2D eigenvalue weighted by atomic mass is 10.1. The molecule has 0 aliphatic heterocycles. The summed E-state index contributed by atoms with van der Waals surface area (Å²) >= 11 is 0. The molecule has 336 valence electrons. The van der Waals surface area contributed by atoms with Crippen molar-refractivity contribution in [1.82, 2.24) is 10.6 Å². The van der Waals surface area contributed by atoms with Crippen LogP contribution in [0.1, 0.15) is 256 Å². The zero-order valence-corrected chi connectivity index (χ0v) is 42.7. The van der Waals surface area contributed by atoms with Crippen molar-refractivity contribution in [2.75, 3.05) is 13.1 Å². The summed E-state index contributed by atoms with van der Waals surface area (Å²) in [5.74, 6) is 6.87. The van der Waals surface area contributed by atoms with E-state index in [0.29, 0.717) is 11.8 Å². The van der Waals surface area contributed by atoms with Gasteiger partial charge in [-0.05, 0) is 60.2 Å². The fraction of sp³-hybridized carbons (Fsp3) is 0.960. The van der Waals surface area contributed by atoms with Gasteiger partial charge in [-0.3, -0.25) is 9.59 Å². The van der Waals surface area contributed by atoms with Crippen molar-refractivity contribution in [3.05, 3.63) is 0 Å². The minimum atomic E-state index is 0.0654. The Kier molecular flexibility index (Phi) is 80.1. The molecule has 0 saturated heterocycles. The molecule has 0 unspecified atom stereocenters. The highest BCUT2D eigenvalue weighted by atomic mass is 16.2. The first-order valence-electron chi connectivity index (χ1n) is 23.4. The molecular formula is C50H114N2O2. The number of rotatable bonds is 18. The Bertz CT molecular complexity index is 521. The summed E-state index contributed by atoms with van der Waals surface area (Å²) in [6, 6.07) is 0. The van der Waals surface area contributed by atoms with Crippen LogP contribution < -0.4 is 10.6 Å². The lowest BCUT2D eigenvalue weighted by molar-refractivity contribution is -0.119. The number of carbonyl (C=O) groups is 2. The molecule has 0 spiro atoms. The van der Waals surface area contributed by atoms with Crippen molar-refractivity contribution in [1.29, 1.82) is 0 Å². The molecule has 0 heterocycles. The Balaban J connectivity index is -0.0000000752. The van der Waals surface area contributed by atoms with Gasteiger partial charge in [0.15, 0.2) is 0 Å². The molecule has 0 bridgehead atoms. The van der Waals surface area contributed by atoms with Gasteiger partial charge in [-0.15, -0.1) is 0 Å². The van der Waals surface area contributed by atoms with Crippen LogP contribution >= 0.6 is 0 Å². The average molecular weight is 775 g/mol. The number of hydrogen-bond donors (Lipinski definition) is 2. The van der Waals surface area contributed by atoms with Crippen LogP contribution in [0.5, 0.6) is 0 Å². The highest BCUT2D eigenvalue weighted by Crippen LogP contribution is 2.03. The first-order chi connectivity index (χ1) is 24.9. The van der Waals surface area contributed by atoms with E-state index in [1.807, 2.05) is 0 Å². The van der Waals surface area contributed by atoms with Crippen molar-refractivity contribution in [2.24, 2.45) is 47.3 Å². The normalized spacial score (nSPS) is 9.93. The predicted octanol–water partition coefficient (Wildman–Crippen LogP) is 17.0. The molecule has 0 rings (SSSR count). The minimum absolute atomic E-state index is 0.0654. The summed E-state index contributed by atoms with van der Waals surface area (Å²) in [5.41, 5.74) is 0. The van der Waals surface area contributed by atoms with Crippen molar-refractivity contribution < 1.29 is 9.59 Å². The van der Waals surface area contributed by atoms with Crippen LogP contribution in [0.15, 0.2) is 0 Å². The second-order valence-electron chi connectivity index (χ2n) is 18.4. The van der Waals surface area contributed by atoms with Crippen LogP contribution in [0.4, 0.5) is 0 Å². The third-order valence-electron chi connectivity index (χ3n) is 7.39. The van der Waals surface area contributed by atoms with Gasteiger partial charge in [0, 0.05) is 26.9 Å². The van der Waals surface area contributed by atoms with E-state index in [1.54, 1.807) is 13.8 Å². The van der Waals surface area contributed by atoms with E-state index in [9.17, 15) is 9.59 Å². The molecule has 4 nitrogen and oxygen atoms in total. The zero-order chi connectivity index (χ0) is 44.5. The lowest BCUT2D eigenvalue weighted by Crippen LogP contribution is -2.21. The highest BCUT2D eigenvalue weighted by Gasteiger charge is 1.94. The molecule has 0 saturated carbocycles. The second-order valence-corrected chi connectivity index (χ2v) is 18.4.